The topological polar surface area (TPSA) is 149 Å². The third-order valence-electron chi connectivity index (χ3n) is 4.17. The van der Waals surface area contributed by atoms with Gasteiger partial charge in [-0.1, -0.05) is 0 Å². The molecule has 0 heterocycles. The number of aromatic hydroxyl groups is 4. The summed E-state index contributed by atoms with van der Waals surface area (Å²) in [7, 11) is 0. The van der Waals surface area contributed by atoms with Crippen molar-refractivity contribution in [2.45, 2.75) is 0 Å². The molecule has 8 heteroatoms. The Labute approximate surface area is 129 Å². The maximum Gasteiger partial charge on any atom is 0.238 e. The van der Waals surface area contributed by atoms with Gasteiger partial charge in [-0.25, -0.2) is 0 Å². The van der Waals surface area contributed by atoms with Gasteiger partial charge in [0.1, 0.15) is 0 Å². The first-order chi connectivity index (χ1) is 11.3. The van der Waals surface area contributed by atoms with Gasteiger partial charge in [-0.3, -0.25) is 19.2 Å². The van der Waals surface area contributed by atoms with Crippen LogP contribution in [0, 0.1) is 0 Å². The summed E-state index contributed by atoms with van der Waals surface area (Å²) >= 11 is 0. The minimum atomic E-state index is -1.20. The molecule has 4 rings (SSSR count). The summed E-state index contributed by atoms with van der Waals surface area (Å²) in [5, 5.41) is 37.6. The van der Waals surface area contributed by atoms with E-state index in [-0.39, 0.29) is 16.2 Å². The van der Waals surface area contributed by atoms with Crippen LogP contribution < -0.4 is 21.7 Å². The molecule has 0 aliphatic carbocycles. The number of hydrogen-bond donors (Lipinski definition) is 4. The molecule has 0 aliphatic heterocycles. The third-order valence-corrected chi connectivity index (χ3v) is 4.17. The lowest BCUT2D eigenvalue weighted by Crippen LogP contribution is -2.29. The standard InChI is InChI=1S/C16H6O8/c17-5-1-3-7-8-4(12(20)16(24)9(7)13(5)21)2-6(18)14(22)10(8)15(23)11(3)19/h1-2,17,19,21,23H. The van der Waals surface area contributed by atoms with Gasteiger partial charge in [0.2, 0.25) is 21.7 Å². The van der Waals surface area contributed by atoms with Crippen molar-refractivity contribution in [2.24, 2.45) is 0 Å². The molecule has 0 spiro atoms. The molecule has 4 N–H and O–H groups in total. The van der Waals surface area contributed by atoms with E-state index in [1.165, 1.54) is 0 Å². The number of benzene rings is 4. The summed E-state index contributed by atoms with van der Waals surface area (Å²) in [5.74, 6) is -3.49. The summed E-state index contributed by atoms with van der Waals surface area (Å²) in [4.78, 5) is 48.3. The van der Waals surface area contributed by atoms with Crippen LogP contribution in [0.1, 0.15) is 0 Å². The van der Waals surface area contributed by atoms with E-state index in [1.807, 2.05) is 0 Å². The minimum absolute atomic E-state index is 0.188. The summed E-state index contributed by atoms with van der Waals surface area (Å²) in [5.41, 5.74) is -4.66. The van der Waals surface area contributed by atoms with Gasteiger partial charge in [-0.05, 0) is 6.07 Å². The molecule has 24 heavy (non-hydrogen) atoms. The molecule has 0 amide bonds. The fraction of sp³-hybridized carbons (Fsp3) is 0. The number of hydrogen-bond acceptors (Lipinski definition) is 8. The Bertz CT molecular complexity index is 1410. The van der Waals surface area contributed by atoms with E-state index in [9.17, 15) is 39.6 Å². The van der Waals surface area contributed by atoms with Crippen molar-refractivity contribution in [3.63, 3.8) is 0 Å². The highest BCUT2D eigenvalue weighted by Gasteiger charge is 2.26. The van der Waals surface area contributed by atoms with Crippen LogP contribution >= 0.6 is 0 Å². The van der Waals surface area contributed by atoms with Crippen LogP contribution in [-0.4, -0.2) is 20.4 Å². The summed E-state index contributed by atoms with van der Waals surface area (Å²) in [6.07, 6.45) is 0. The predicted octanol–water partition coefficient (Wildman–Crippen LogP) is -0.277. The Morgan fingerprint density at radius 3 is 1.79 bits per heavy atom. The monoisotopic (exact) mass is 326 g/mol. The van der Waals surface area contributed by atoms with E-state index in [2.05, 4.69) is 0 Å². The van der Waals surface area contributed by atoms with Gasteiger partial charge in [0, 0.05) is 27.6 Å². The van der Waals surface area contributed by atoms with Gasteiger partial charge in [0.05, 0.1) is 10.8 Å². The quantitative estimate of drug-likeness (QED) is 0.196. The SMILES string of the molecule is O=c1cc2c(=O)c(=O)c3c(O)c(O)cc4c(O)c(O)c(c1=O)c2c43. The van der Waals surface area contributed by atoms with Crippen LogP contribution in [-0.2, 0) is 0 Å². The molecule has 8 nitrogen and oxygen atoms in total. The normalized spacial score (nSPS) is 11.8. The molecule has 0 atom stereocenters. The predicted molar refractivity (Wildman–Crippen MR) is 84.3 cm³/mol. The van der Waals surface area contributed by atoms with Crippen LogP contribution in [0.4, 0.5) is 0 Å². The molecule has 0 radical (unpaired) electrons. The molecular weight excluding hydrogens is 320 g/mol. The maximum atomic E-state index is 12.3. The Hall–Kier alpha value is -3.68. The highest BCUT2D eigenvalue weighted by Crippen LogP contribution is 2.47. The number of rotatable bonds is 0. The fourth-order valence-electron chi connectivity index (χ4n) is 3.11. The second kappa shape index (κ2) is 3.99. The van der Waals surface area contributed by atoms with Gasteiger partial charge in [-0.2, -0.15) is 0 Å². The van der Waals surface area contributed by atoms with E-state index >= 15 is 0 Å². The summed E-state index contributed by atoms with van der Waals surface area (Å²) in [6.45, 7) is 0. The van der Waals surface area contributed by atoms with Crippen LogP contribution in [0.15, 0.2) is 31.3 Å². The van der Waals surface area contributed by atoms with E-state index in [1.54, 1.807) is 0 Å². The first-order valence-electron chi connectivity index (χ1n) is 6.62. The van der Waals surface area contributed by atoms with Gasteiger partial charge >= 0.3 is 0 Å². The van der Waals surface area contributed by atoms with E-state index in [0.717, 1.165) is 6.07 Å². The number of phenolic OH excluding ortho intramolecular Hbond substituents is 4. The van der Waals surface area contributed by atoms with E-state index in [4.69, 9.17) is 0 Å². The molecule has 0 saturated heterocycles. The largest absolute Gasteiger partial charge is 0.504 e. The molecule has 0 aromatic heterocycles. The fourth-order valence-corrected chi connectivity index (χ4v) is 3.11. The minimum Gasteiger partial charge on any atom is -0.504 e. The van der Waals surface area contributed by atoms with Crippen molar-refractivity contribution < 1.29 is 20.4 Å². The zero-order valence-corrected chi connectivity index (χ0v) is 11.6. The summed E-state index contributed by atoms with van der Waals surface area (Å²) in [6, 6.07) is 1.57. The van der Waals surface area contributed by atoms with Crippen molar-refractivity contribution >= 4 is 32.3 Å². The van der Waals surface area contributed by atoms with Crippen molar-refractivity contribution in [3.8, 4) is 23.0 Å². The van der Waals surface area contributed by atoms with Gasteiger partial charge in [0.15, 0.2) is 23.0 Å². The molecule has 0 fully saturated rings. The zero-order chi connectivity index (χ0) is 17.5. The van der Waals surface area contributed by atoms with E-state index < -0.39 is 60.9 Å². The molecule has 0 aliphatic rings. The molecule has 0 saturated carbocycles. The third kappa shape index (κ3) is 1.33. The van der Waals surface area contributed by atoms with Crippen molar-refractivity contribution in [2.75, 3.05) is 0 Å². The van der Waals surface area contributed by atoms with Crippen LogP contribution in [0.25, 0.3) is 32.3 Å². The Morgan fingerprint density at radius 2 is 1.12 bits per heavy atom. The highest BCUT2D eigenvalue weighted by molar-refractivity contribution is 6.27. The molecule has 0 bridgehead atoms. The average molecular weight is 326 g/mol. The molecule has 118 valence electrons. The average Bonchev–Trinajstić information content (AvgIpc) is 2.54. The summed E-state index contributed by atoms with van der Waals surface area (Å²) < 4.78 is 0. The van der Waals surface area contributed by atoms with Gasteiger partial charge < -0.3 is 20.4 Å². The van der Waals surface area contributed by atoms with Crippen LogP contribution in [0.5, 0.6) is 23.0 Å². The van der Waals surface area contributed by atoms with Crippen molar-refractivity contribution in [3.05, 3.63) is 53.0 Å². The Kier molecular flexibility index (Phi) is 2.32. The van der Waals surface area contributed by atoms with E-state index in [0.29, 0.717) is 6.07 Å². The first kappa shape index (κ1) is 13.9. The second-order valence-corrected chi connectivity index (χ2v) is 5.40. The lowest BCUT2D eigenvalue weighted by atomic mass is 9.91. The maximum absolute atomic E-state index is 12.3. The Morgan fingerprint density at radius 1 is 0.542 bits per heavy atom. The molecule has 4 aromatic carbocycles. The van der Waals surface area contributed by atoms with Crippen molar-refractivity contribution in [1.82, 2.24) is 0 Å². The number of phenols is 4. The first-order valence-corrected chi connectivity index (χ1v) is 6.62. The highest BCUT2D eigenvalue weighted by atomic mass is 16.3. The lowest BCUT2D eigenvalue weighted by Gasteiger charge is -2.13. The zero-order valence-electron chi connectivity index (χ0n) is 11.6. The van der Waals surface area contributed by atoms with Crippen molar-refractivity contribution in [1.29, 1.82) is 0 Å². The molecular formula is C16H6O8. The van der Waals surface area contributed by atoms with Crippen LogP contribution in [0.3, 0.4) is 0 Å². The smallest absolute Gasteiger partial charge is 0.238 e. The van der Waals surface area contributed by atoms with Gasteiger partial charge in [-0.15, -0.1) is 0 Å². The Balaban J connectivity index is 2.69. The van der Waals surface area contributed by atoms with Crippen LogP contribution in [0.2, 0.25) is 0 Å². The molecule has 0 unspecified atom stereocenters. The second-order valence-electron chi connectivity index (χ2n) is 5.40. The van der Waals surface area contributed by atoms with Gasteiger partial charge in [0.25, 0.3) is 0 Å². The molecule has 4 aromatic rings. The lowest BCUT2D eigenvalue weighted by molar-refractivity contribution is 0.405.